The van der Waals surface area contributed by atoms with E-state index in [2.05, 4.69) is 5.16 Å². The van der Waals surface area contributed by atoms with Gasteiger partial charge in [-0.15, -0.1) is 12.4 Å². The van der Waals surface area contributed by atoms with Gasteiger partial charge in [-0.1, -0.05) is 46.3 Å². The number of carbonyl (C=O) groups excluding carboxylic acids is 1. The zero-order valence-electron chi connectivity index (χ0n) is 19.4. The number of benzene rings is 2. The van der Waals surface area contributed by atoms with Crippen molar-refractivity contribution in [2.24, 2.45) is 0 Å². The Kier molecular flexibility index (Phi) is 8.54. The van der Waals surface area contributed by atoms with Crippen LogP contribution in [0, 0.1) is 6.92 Å². The van der Waals surface area contributed by atoms with Gasteiger partial charge in [-0.3, -0.25) is 9.69 Å². The van der Waals surface area contributed by atoms with Crippen molar-refractivity contribution < 1.29 is 14.1 Å². The number of likely N-dealkylation sites (N-methyl/N-ethyl adjacent to an activating group) is 1. The largest absolute Gasteiger partial charge is 0.494 e. The third kappa shape index (κ3) is 5.36. The van der Waals surface area contributed by atoms with Gasteiger partial charge < -0.3 is 14.2 Å². The van der Waals surface area contributed by atoms with E-state index in [1.165, 1.54) is 11.3 Å². The van der Waals surface area contributed by atoms with E-state index in [0.29, 0.717) is 52.4 Å². The number of ether oxygens (including phenoxy) is 1. The SMILES string of the molecule is CCOc1ccc2nc(N(CCN(C)C)C(=O)c3c(-c4ccccc4Cl)noc3C)sc2c1.Cl. The second-order valence-electron chi connectivity index (χ2n) is 7.76. The van der Waals surface area contributed by atoms with E-state index in [-0.39, 0.29) is 18.3 Å². The molecule has 2 aromatic carbocycles. The Balaban J connectivity index is 0.00000324. The smallest absolute Gasteiger partial charge is 0.266 e. The molecule has 0 radical (unpaired) electrons. The standard InChI is InChI=1S/C24H25ClN4O3S.ClH/c1-5-31-16-10-11-19-20(14-16)33-24(26-19)29(13-12-28(3)4)23(30)21-15(2)32-27-22(21)17-8-6-7-9-18(17)25;/h6-11,14H,5,12-13H2,1-4H3;1H. The topological polar surface area (TPSA) is 71.7 Å². The van der Waals surface area contributed by atoms with Gasteiger partial charge in [0.2, 0.25) is 0 Å². The van der Waals surface area contributed by atoms with E-state index >= 15 is 0 Å². The zero-order chi connectivity index (χ0) is 23.5. The van der Waals surface area contributed by atoms with Crippen molar-refractivity contribution in [1.29, 1.82) is 0 Å². The first-order valence-corrected chi connectivity index (χ1v) is 11.8. The molecule has 0 atom stereocenters. The minimum atomic E-state index is -0.227. The van der Waals surface area contributed by atoms with Crippen LogP contribution in [0.3, 0.4) is 0 Å². The lowest BCUT2D eigenvalue weighted by atomic mass is 10.1. The highest BCUT2D eigenvalue weighted by Crippen LogP contribution is 2.35. The summed E-state index contributed by atoms with van der Waals surface area (Å²) in [5.74, 6) is 0.987. The molecule has 0 aliphatic carbocycles. The number of carbonyl (C=O) groups is 1. The highest BCUT2D eigenvalue weighted by molar-refractivity contribution is 7.22. The second kappa shape index (κ2) is 11.2. The van der Waals surface area contributed by atoms with Crippen LogP contribution >= 0.6 is 35.3 Å². The van der Waals surface area contributed by atoms with Crippen molar-refractivity contribution in [3.63, 3.8) is 0 Å². The summed E-state index contributed by atoms with van der Waals surface area (Å²) >= 11 is 7.85. The minimum Gasteiger partial charge on any atom is -0.494 e. The van der Waals surface area contributed by atoms with Crippen LogP contribution in [0.5, 0.6) is 5.75 Å². The summed E-state index contributed by atoms with van der Waals surface area (Å²) in [7, 11) is 3.93. The van der Waals surface area contributed by atoms with E-state index in [1.54, 1.807) is 17.9 Å². The number of hydrogen-bond donors (Lipinski definition) is 0. The summed E-state index contributed by atoms with van der Waals surface area (Å²) in [4.78, 5) is 22.4. The van der Waals surface area contributed by atoms with E-state index < -0.39 is 0 Å². The molecule has 10 heteroatoms. The molecule has 0 spiro atoms. The molecule has 4 rings (SSSR count). The lowest BCUT2D eigenvalue weighted by Crippen LogP contribution is -2.37. The Hall–Kier alpha value is -2.65. The molecule has 7 nitrogen and oxygen atoms in total. The van der Waals surface area contributed by atoms with E-state index in [9.17, 15) is 4.79 Å². The van der Waals surface area contributed by atoms with Gasteiger partial charge in [0.1, 0.15) is 22.8 Å². The maximum absolute atomic E-state index is 13.9. The number of anilines is 1. The van der Waals surface area contributed by atoms with Crippen LogP contribution in [0.4, 0.5) is 5.13 Å². The van der Waals surface area contributed by atoms with Crippen molar-refractivity contribution in [3.05, 3.63) is 58.8 Å². The highest BCUT2D eigenvalue weighted by Gasteiger charge is 2.29. The number of amides is 1. The fourth-order valence-electron chi connectivity index (χ4n) is 3.44. The summed E-state index contributed by atoms with van der Waals surface area (Å²) in [5.41, 5.74) is 2.28. The van der Waals surface area contributed by atoms with Crippen LogP contribution in [0.25, 0.3) is 21.5 Å². The van der Waals surface area contributed by atoms with Crippen molar-refractivity contribution in [1.82, 2.24) is 15.0 Å². The van der Waals surface area contributed by atoms with Gasteiger partial charge in [-0.25, -0.2) is 4.98 Å². The summed E-state index contributed by atoms with van der Waals surface area (Å²) in [6.07, 6.45) is 0. The number of fused-ring (bicyclic) bond motifs is 1. The number of aryl methyl sites for hydroxylation is 1. The van der Waals surface area contributed by atoms with E-state index in [4.69, 9.17) is 25.8 Å². The molecule has 0 aliphatic rings. The molecule has 4 aromatic rings. The number of halogens is 2. The maximum Gasteiger partial charge on any atom is 0.266 e. The van der Waals surface area contributed by atoms with Crippen LogP contribution < -0.4 is 9.64 Å². The Morgan fingerprint density at radius 3 is 2.65 bits per heavy atom. The molecule has 2 heterocycles. The maximum atomic E-state index is 13.9. The van der Waals surface area contributed by atoms with Crippen molar-refractivity contribution in [2.45, 2.75) is 13.8 Å². The summed E-state index contributed by atoms with van der Waals surface area (Å²) in [6.45, 7) is 5.38. The van der Waals surface area contributed by atoms with Gasteiger partial charge in [-0.05, 0) is 52.2 Å². The molecule has 2 aromatic heterocycles. The first kappa shape index (κ1) is 26.0. The van der Waals surface area contributed by atoms with Gasteiger partial charge in [0, 0.05) is 18.7 Å². The van der Waals surface area contributed by atoms with E-state index in [0.717, 1.165) is 16.0 Å². The number of aromatic nitrogens is 2. The quantitative estimate of drug-likeness (QED) is 0.286. The fourth-order valence-corrected chi connectivity index (χ4v) is 4.69. The first-order chi connectivity index (χ1) is 15.9. The molecule has 0 unspecified atom stereocenters. The summed E-state index contributed by atoms with van der Waals surface area (Å²) in [5, 5.41) is 5.27. The van der Waals surface area contributed by atoms with Gasteiger partial charge in [-0.2, -0.15) is 0 Å². The summed E-state index contributed by atoms with van der Waals surface area (Å²) < 4.78 is 12.0. The number of rotatable bonds is 8. The van der Waals surface area contributed by atoms with Crippen molar-refractivity contribution in [3.8, 4) is 17.0 Å². The molecule has 34 heavy (non-hydrogen) atoms. The molecule has 0 saturated heterocycles. The molecule has 0 fully saturated rings. The van der Waals surface area contributed by atoms with Gasteiger partial charge in [0.05, 0.1) is 21.8 Å². The molecular weight excluding hydrogens is 495 g/mol. The first-order valence-electron chi connectivity index (χ1n) is 10.6. The zero-order valence-corrected chi connectivity index (χ0v) is 21.8. The molecule has 0 N–H and O–H groups in total. The van der Waals surface area contributed by atoms with Gasteiger partial charge in [0.25, 0.3) is 5.91 Å². The van der Waals surface area contributed by atoms with Crippen LogP contribution in [-0.2, 0) is 0 Å². The van der Waals surface area contributed by atoms with Crippen molar-refractivity contribution >= 4 is 56.6 Å². The van der Waals surface area contributed by atoms with Gasteiger partial charge >= 0.3 is 0 Å². The third-order valence-corrected chi connectivity index (χ3v) is 6.48. The molecule has 0 saturated carbocycles. The van der Waals surface area contributed by atoms with Gasteiger partial charge in [0.15, 0.2) is 5.13 Å². The molecule has 0 aliphatic heterocycles. The average molecular weight is 521 g/mol. The Morgan fingerprint density at radius 2 is 1.94 bits per heavy atom. The third-order valence-electron chi connectivity index (χ3n) is 5.11. The van der Waals surface area contributed by atoms with Crippen LogP contribution in [0.15, 0.2) is 47.0 Å². The molecule has 1 amide bonds. The lowest BCUT2D eigenvalue weighted by molar-refractivity contribution is 0.0984. The number of hydrogen-bond acceptors (Lipinski definition) is 7. The predicted octanol–water partition coefficient (Wildman–Crippen LogP) is 5.94. The highest BCUT2D eigenvalue weighted by atomic mass is 35.5. The lowest BCUT2D eigenvalue weighted by Gasteiger charge is -2.22. The molecule has 0 bridgehead atoms. The fraction of sp³-hybridized carbons (Fsp3) is 0.292. The minimum absolute atomic E-state index is 0. The predicted molar refractivity (Wildman–Crippen MR) is 140 cm³/mol. The Labute approximate surface area is 213 Å². The molecule has 180 valence electrons. The summed E-state index contributed by atoms with van der Waals surface area (Å²) in [6, 6.07) is 13.0. The normalized spacial score (nSPS) is 11.0. The number of thiazole rings is 1. The van der Waals surface area contributed by atoms with Crippen LogP contribution in [0.1, 0.15) is 23.0 Å². The van der Waals surface area contributed by atoms with Crippen LogP contribution in [-0.4, -0.2) is 54.7 Å². The Morgan fingerprint density at radius 1 is 1.18 bits per heavy atom. The Bertz CT molecular complexity index is 1290. The number of nitrogens with zero attached hydrogens (tertiary/aromatic N) is 4. The van der Waals surface area contributed by atoms with Crippen molar-refractivity contribution in [2.75, 3.05) is 38.7 Å². The average Bonchev–Trinajstić information content (AvgIpc) is 3.37. The monoisotopic (exact) mass is 520 g/mol. The molecular formula is C24H26Cl2N4O3S. The second-order valence-corrected chi connectivity index (χ2v) is 9.18. The van der Waals surface area contributed by atoms with E-state index in [1.807, 2.05) is 62.3 Å². The van der Waals surface area contributed by atoms with Crippen LogP contribution in [0.2, 0.25) is 5.02 Å².